The van der Waals surface area contributed by atoms with E-state index in [0.717, 1.165) is 22.8 Å². The van der Waals surface area contributed by atoms with Crippen LogP contribution in [0.4, 0.5) is 10.5 Å². The summed E-state index contributed by atoms with van der Waals surface area (Å²) in [5.74, 6) is 2.11. The van der Waals surface area contributed by atoms with Gasteiger partial charge in [0, 0.05) is 19.0 Å². The fraction of sp³-hybridized carbons (Fsp3) is 0.500. The van der Waals surface area contributed by atoms with Crippen LogP contribution >= 0.6 is 11.6 Å². The molecule has 7 heteroatoms. The van der Waals surface area contributed by atoms with E-state index in [1.54, 1.807) is 4.90 Å². The Balaban J connectivity index is 1.82. The van der Waals surface area contributed by atoms with E-state index in [0.29, 0.717) is 29.7 Å². The summed E-state index contributed by atoms with van der Waals surface area (Å²) in [5, 5.41) is 12.1. The van der Waals surface area contributed by atoms with Gasteiger partial charge in [0.1, 0.15) is 5.82 Å². The van der Waals surface area contributed by atoms with E-state index in [9.17, 15) is 4.79 Å². The lowest BCUT2D eigenvalue weighted by atomic mass is 10.1. The van der Waals surface area contributed by atoms with Crippen LogP contribution in [0.2, 0.25) is 5.02 Å². The zero-order valence-electron chi connectivity index (χ0n) is 15.3. The van der Waals surface area contributed by atoms with Crippen LogP contribution in [0.3, 0.4) is 0 Å². The highest BCUT2D eigenvalue weighted by molar-refractivity contribution is 6.34. The fourth-order valence-corrected chi connectivity index (χ4v) is 3.73. The van der Waals surface area contributed by atoms with Crippen molar-refractivity contribution in [1.82, 2.24) is 19.7 Å². The van der Waals surface area contributed by atoms with E-state index >= 15 is 0 Å². The molecule has 2 heterocycles. The second kappa shape index (κ2) is 6.67. The van der Waals surface area contributed by atoms with Crippen molar-refractivity contribution in [2.75, 3.05) is 11.9 Å². The van der Waals surface area contributed by atoms with Gasteiger partial charge in [0.2, 0.25) is 0 Å². The van der Waals surface area contributed by atoms with Crippen molar-refractivity contribution in [3.63, 3.8) is 0 Å². The summed E-state index contributed by atoms with van der Waals surface area (Å²) >= 11 is 6.31. The Kier molecular flexibility index (Phi) is 4.73. The molecule has 1 aromatic carbocycles. The number of benzene rings is 1. The lowest BCUT2D eigenvalue weighted by molar-refractivity contribution is 0.172. The lowest BCUT2D eigenvalue weighted by Gasteiger charge is -2.34. The average molecular weight is 362 g/mol. The summed E-state index contributed by atoms with van der Waals surface area (Å²) in [6, 6.07) is 3.56. The van der Waals surface area contributed by atoms with E-state index in [2.05, 4.69) is 33.9 Å². The molecule has 1 unspecified atom stereocenters. The van der Waals surface area contributed by atoms with Gasteiger partial charge in [-0.25, -0.2) is 4.79 Å². The summed E-state index contributed by atoms with van der Waals surface area (Å²) in [6.07, 6.45) is 0. The van der Waals surface area contributed by atoms with Gasteiger partial charge in [0.05, 0.1) is 16.8 Å². The molecule has 1 aliphatic rings. The summed E-state index contributed by atoms with van der Waals surface area (Å²) in [5.41, 5.74) is 2.69. The minimum Gasteiger partial charge on any atom is -0.313 e. The first-order chi connectivity index (χ1) is 11.8. The van der Waals surface area contributed by atoms with Crippen molar-refractivity contribution >= 4 is 23.3 Å². The predicted octanol–water partition coefficient (Wildman–Crippen LogP) is 4.28. The molecular formula is C18H24ClN5O. The number of halogens is 1. The molecule has 25 heavy (non-hydrogen) atoms. The minimum absolute atomic E-state index is 0.140. The van der Waals surface area contributed by atoms with Gasteiger partial charge in [-0.05, 0) is 38.0 Å². The standard InChI is InChI=1S/C18H24ClN5O/c1-10(2)16-21-22-17-13(5)23(6-7-24(16)17)18(25)20-15-12(4)8-11(3)9-14(15)19/h8-10,13H,6-7H2,1-5H3,(H,20,25). The first kappa shape index (κ1) is 17.7. The van der Waals surface area contributed by atoms with Crippen LogP contribution in [0, 0.1) is 13.8 Å². The van der Waals surface area contributed by atoms with Crippen LogP contribution in [-0.2, 0) is 6.54 Å². The van der Waals surface area contributed by atoms with E-state index in [-0.39, 0.29) is 12.1 Å². The number of anilines is 1. The van der Waals surface area contributed by atoms with Gasteiger partial charge >= 0.3 is 6.03 Å². The van der Waals surface area contributed by atoms with Crippen LogP contribution < -0.4 is 5.32 Å². The summed E-state index contributed by atoms with van der Waals surface area (Å²) in [7, 11) is 0. The van der Waals surface area contributed by atoms with E-state index in [1.807, 2.05) is 32.9 Å². The number of urea groups is 1. The fourth-order valence-electron chi connectivity index (χ4n) is 3.36. The van der Waals surface area contributed by atoms with Gasteiger partial charge < -0.3 is 14.8 Å². The molecule has 134 valence electrons. The first-order valence-corrected chi connectivity index (χ1v) is 8.94. The number of hydrogen-bond donors (Lipinski definition) is 1. The van der Waals surface area contributed by atoms with Gasteiger partial charge in [-0.15, -0.1) is 10.2 Å². The number of nitrogens with one attached hydrogen (secondary N) is 1. The molecule has 0 bridgehead atoms. The molecule has 2 amide bonds. The number of fused-ring (bicyclic) bond motifs is 1. The Hall–Kier alpha value is -2.08. The monoisotopic (exact) mass is 361 g/mol. The molecule has 0 saturated heterocycles. The van der Waals surface area contributed by atoms with Gasteiger partial charge in [-0.1, -0.05) is 31.5 Å². The zero-order chi connectivity index (χ0) is 18.3. The third kappa shape index (κ3) is 3.23. The third-order valence-corrected chi connectivity index (χ3v) is 4.95. The van der Waals surface area contributed by atoms with Crippen LogP contribution in [0.25, 0.3) is 0 Å². The summed E-state index contributed by atoms with van der Waals surface area (Å²) in [6.45, 7) is 11.4. The predicted molar refractivity (Wildman–Crippen MR) is 99.2 cm³/mol. The maximum Gasteiger partial charge on any atom is 0.322 e. The molecular weight excluding hydrogens is 338 g/mol. The highest BCUT2D eigenvalue weighted by Gasteiger charge is 2.32. The van der Waals surface area contributed by atoms with Crippen LogP contribution in [0.15, 0.2) is 12.1 Å². The molecule has 0 aliphatic carbocycles. The lowest BCUT2D eigenvalue weighted by Crippen LogP contribution is -2.43. The molecule has 1 N–H and O–H groups in total. The zero-order valence-corrected chi connectivity index (χ0v) is 16.1. The average Bonchev–Trinajstić information content (AvgIpc) is 2.96. The topological polar surface area (TPSA) is 63.1 Å². The number of amides is 2. The number of aryl methyl sites for hydroxylation is 2. The van der Waals surface area contributed by atoms with Gasteiger partial charge in [0.15, 0.2) is 5.82 Å². The Morgan fingerprint density at radius 2 is 2.00 bits per heavy atom. The number of nitrogens with zero attached hydrogens (tertiary/aromatic N) is 4. The van der Waals surface area contributed by atoms with Gasteiger partial charge in [-0.3, -0.25) is 0 Å². The normalized spacial score (nSPS) is 16.9. The van der Waals surface area contributed by atoms with E-state index in [4.69, 9.17) is 11.6 Å². The molecule has 0 fully saturated rings. The molecule has 1 atom stereocenters. The number of aromatic nitrogens is 3. The van der Waals surface area contributed by atoms with Crippen molar-refractivity contribution < 1.29 is 4.79 Å². The summed E-state index contributed by atoms with van der Waals surface area (Å²) in [4.78, 5) is 14.6. The highest BCUT2D eigenvalue weighted by atomic mass is 35.5. The van der Waals surface area contributed by atoms with E-state index in [1.165, 1.54) is 0 Å². The second-order valence-corrected chi connectivity index (χ2v) is 7.37. The summed E-state index contributed by atoms with van der Waals surface area (Å²) < 4.78 is 2.13. The highest BCUT2D eigenvalue weighted by Crippen LogP contribution is 2.30. The van der Waals surface area contributed by atoms with Crippen LogP contribution in [-0.4, -0.2) is 32.2 Å². The number of carbonyl (C=O) groups is 1. The number of rotatable bonds is 2. The number of carbonyl (C=O) groups excluding carboxylic acids is 1. The molecule has 2 aromatic rings. The molecule has 3 rings (SSSR count). The van der Waals surface area contributed by atoms with E-state index < -0.39 is 0 Å². The minimum atomic E-state index is -0.165. The van der Waals surface area contributed by atoms with Gasteiger partial charge in [0.25, 0.3) is 0 Å². The first-order valence-electron chi connectivity index (χ1n) is 8.57. The smallest absolute Gasteiger partial charge is 0.313 e. The molecule has 0 radical (unpaired) electrons. The Morgan fingerprint density at radius 1 is 1.28 bits per heavy atom. The maximum atomic E-state index is 12.8. The third-order valence-electron chi connectivity index (χ3n) is 4.65. The Morgan fingerprint density at radius 3 is 2.64 bits per heavy atom. The maximum absolute atomic E-state index is 12.8. The molecule has 0 saturated carbocycles. The van der Waals surface area contributed by atoms with Crippen molar-refractivity contribution in [3.05, 3.63) is 39.9 Å². The van der Waals surface area contributed by atoms with Gasteiger partial charge in [-0.2, -0.15) is 0 Å². The largest absolute Gasteiger partial charge is 0.322 e. The molecule has 0 spiro atoms. The van der Waals surface area contributed by atoms with Crippen molar-refractivity contribution in [2.24, 2.45) is 0 Å². The van der Waals surface area contributed by atoms with Crippen LogP contribution in [0.5, 0.6) is 0 Å². The number of hydrogen-bond acceptors (Lipinski definition) is 3. The van der Waals surface area contributed by atoms with Crippen molar-refractivity contribution in [2.45, 2.75) is 53.1 Å². The molecule has 6 nitrogen and oxygen atoms in total. The van der Waals surface area contributed by atoms with Crippen molar-refractivity contribution in [3.8, 4) is 0 Å². The quantitative estimate of drug-likeness (QED) is 0.868. The molecule has 1 aromatic heterocycles. The van der Waals surface area contributed by atoms with Crippen molar-refractivity contribution in [1.29, 1.82) is 0 Å². The SMILES string of the molecule is Cc1cc(C)c(NC(=O)N2CCn3c(C(C)C)nnc3C2C)c(Cl)c1. The second-order valence-electron chi connectivity index (χ2n) is 6.96. The Labute approximate surface area is 153 Å². The van der Waals surface area contributed by atoms with Crippen LogP contribution in [0.1, 0.15) is 55.5 Å². The molecule has 1 aliphatic heterocycles. The Bertz CT molecular complexity index is 791.